The van der Waals surface area contributed by atoms with Gasteiger partial charge in [0, 0.05) is 29.9 Å². The molecular formula is C24H21F2N5O2. The van der Waals surface area contributed by atoms with Crippen molar-refractivity contribution in [2.45, 2.75) is 0 Å². The van der Waals surface area contributed by atoms with Crippen molar-refractivity contribution in [1.29, 1.82) is 0 Å². The first-order valence-electron chi connectivity index (χ1n) is 10.5. The third-order valence-electron chi connectivity index (χ3n) is 5.63. The molecule has 9 heteroatoms. The quantitative estimate of drug-likeness (QED) is 0.406. The van der Waals surface area contributed by atoms with Gasteiger partial charge in [0.2, 0.25) is 0 Å². The van der Waals surface area contributed by atoms with E-state index in [1.165, 1.54) is 6.20 Å². The van der Waals surface area contributed by atoms with Crippen LogP contribution in [0.5, 0.6) is 0 Å². The summed E-state index contributed by atoms with van der Waals surface area (Å²) in [5.41, 5.74) is 8.35. The van der Waals surface area contributed by atoms with Gasteiger partial charge in [0.1, 0.15) is 17.0 Å². The third-order valence-corrected chi connectivity index (χ3v) is 5.63. The van der Waals surface area contributed by atoms with Gasteiger partial charge in [0.05, 0.1) is 30.8 Å². The number of nitrogens with one attached hydrogen (secondary N) is 2. The summed E-state index contributed by atoms with van der Waals surface area (Å²) in [7, 11) is 0. The number of benzene rings is 2. The van der Waals surface area contributed by atoms with E-state index >= 15 is 0 Å². The highest BCUT2D eigenvalue weighted by atomic mass is 19.1. The molecule has 0 atom stereocenters. The minimum atomic E-state index is -1.09. The molecule has 33 heavy (non-hydrogen) atoms. The maximum Gasteiger partial charge on any atom is 0.261 e. The SMILES string of the molecule is Nc1ccc(F)c(C(=O)Nc2cnc3[nH]c(-c4ccc(N5CCOCC5)cc4)cc3c2)c1F. The zero-order valence-electron chi connectivity index (χ0n) is 17.6. The second-order valence-electron chi connectivity index (χ2n) is 7.77. The minimum Gasteiger partial charge on any atom is -0.396 e. The number of halogens is 2. The molecule has 1 aliphatic heterocycles. The summed E-state index contributed by atoms with van der Waals surface area (Å²) >= 11 is 0. The smallest absolute Gasteiger partial charge is 0.261 e. The Hall–Kier alpha value is -3.98. The Labute approximate surface area is 188 Å². The Bertz CT molecular complexity index is 1330. The summed E-state index contributed by atoms with van der Waals surface area (Å²) in [5.74, 6) is -3.02. The number of morpholine rings is 1. The summed E-state index contributed by atoms with van der Waals surface area (Å²) in [6.07, 6.45) is 1.42. The van der Waals surface area contributed by atoms with Crippen LogP contribution in [0.1, 0.15) is 10.4 Å². The van der Waals surface area contributed by atoms with E-state index in [2.05, 4.69) is 32.3 Å². The van der Waals surface area contributed by atoms with Crippen LogP contribution in [0.25, 0.3) is 22.3 Å². The Morgan fingerprint density at radius 2 is 1.85 bits per heavy atom. The Morgan fingerprint density at radius 3 is 2.61 bits per heavy atom. The molecule has 0 spiro atoms. The lowest BCUT2D eigenvalue weighted by Crippen LogP contribution is -2.36. The number of amides is 1. The highest BCUT2D eigenvalue weighted by Gasteiger charge is 2.20. The van der Waals surface area contributed by atoms with Gasteiger partial charge in [-0.1, -0.05) is 12.1 Å². The van der Waals surface area contributed by atoms with Crippen LogP contribution >= 0.6 is 0 Å². The van der Waals surface area contributed by atoms with Crippen molar-refractivity contribution < 1.29 is 18.3 Å². The van der Waals surface area contributed by atoms with Crippen LogP contribution in [-0.2, 0) is 4.74 Å². The number of hydrogen-bond acceptors (Lipinski definition) is 5. The number of nitrogens with zero attached hydrogens (tertiary/aromatic N) is 2. The summed E-state index contributed by atoms with van der Waals surface area (Å²) < 4.78 is 33.5. The number of carbonyl (C=O) groups excluding carboxylic acids is 1. The van der Waals surface area contributed by atoms with Crippen LogP contribution in [0, 0.1) is 11.6 Å². The molecule has 1 fully saturated rings. The maximum absolute atomic E-state index is 14.2. The first-order valence-corrected chi connectivity index (χ1v) is 10.5. The van der Waals surface area contributed by atoms with Crippen molar-refractivity contribution in [3.63, 3.8) is 0 Å². The molecule has 4 aromatic rings. The normalized spacial score (nSPS) is 13.9. The fourth-order valence-electron chi connectivity index (χ4n) is 3.88. The van der Waals surface area contributed by atoms with E-state index in [9.17, 15) is 13.6 Å². The number of nitrogens with two attached hydrogens (primary N) is 1. The number of carbonyl (C=O) groups is 1. The molecule has 2 aromatic carbocycles. The molecule has 1 amide bonds. The number of ether oxygens (including phenoxy) is 1. The lowest BCUT2D eigenvalue weighted by atomic mass is 10.1. The number of fused-ring (bicyclic) bond motifs is 1. The average molecular weight is 449 g/mol. The first-order chi connectivity index (χ1) is 16.0. The van der Waals surface area contributed by atoms with E-state index in [1.54, 1.807) is 6.07 Å². The lowest BCUT2D eigenvalue weighted by Gasteiger charge is -2.28. The number of anilines is 3. The minimum absolute atomic E-state index is 0.301. The van der Waals surface area contributed by atoms with Crippen molar-refractivity contribution in [1.82, 2.24) is 9.97 Å². The summed E-state index contributed by atoms with van der Waals surface area (Å²) in [5, 5.41) is 3.23. The Morgan fingerprint density at radius 1 is 1.09 bits per heavy atom. The number of aromatic amines is 1. The third kappa shape index (κ3) is 4.10. The van der Waals surface area contributed by atoms with E-state index in [-0.39, 0.29) is 5.69 Å². The topological polar surface area (TPSA) is 96.3 Å². The van der Waals surface area contributed by atoms with E-state index in [0.717, 1.165) is 60.8 Å². The van der Waals surface area contributed by atoms with Crippen molar-refractivity contribution >= 4 is 34.0 Å². The van der Waals surface area contributed by atoms with Crippen molar-refractivity contribution in [3.8, 4) is 11.3 Å². The molecule has 1 saturated heterocycles. The van der Waals surface area contributed by atoms with Crippen molar-refractivity contribution in [3.05, 3.63) is 71.9 Å². The molecule has 0 aliphatic carbocycles. The highest BCUT2D eigenvalue weighted by molar-refractivity contribution is 6.05. The molecule has 2 aromatic heterocycles. The number of pyridine rings is 1. The predicted molar refractivity (Wildman–Crippen MR) is 123 cm³/mol. The average Bonchev–Trinajstić information content (AvgIpc) is 3.26. The number of rotatable bonds is 4. The molecule has 0 bridgehead atoms. The van der Waals surface area contributed by atoms with Crippen molar-refractivity contribution in [2.24, 2.45) is 0 Å². The standard InChI is InChI=1S/C24H21F2N5O2/c25-18-5-6-19(27)22(26)21(18)24(32)29-16-11-15-12-20(30-23(15)28-13-16)14-1-3-17(4-2-14)31-7-9-33-10-8-31/h1-6,11-13H,7-10,27H2,(H,28,30)(H,29,32). The van der Waals surface area contributed by atoms with Crippen LogP contribution in [0.4, 0.5) is 25.8 Å². The molecule has 168 valence electrons. The first kappa shape index (κ1) is 20.9. The summed E-state index contributed by atoms with van der Waals surface area (Å²) in [6, 6.07) is 13.8. The highest BCUT2D eigenvalue weighted by Crippen LogP contribution is 2.28. The van der Waals surface area contributed by atoms with Gasteiger partial charge in [0.15, 0.2) is 5.82 Å². The molecule has 4 N–H and O–H groups in total. The molecule has 0 saturated carbocycles. The van der Waals surface area contributed by atoms with Crippen molar-refractivity contribution in [2.75, 3.05) is 42.3 Å². The molecular weight excluding hydrogens is 428 g/mol. The van der Waals surface area contributed by atoms with Crippen LogP contribution in [-0.4, -0.2) is 42.2 Å². The van der Waals surface area contributed by atoms with Gasteiger partial charge in [-0.05, 0) is 42.0 Å². The van der Waals surface area contributed by atoms with Crippen LogP contribution in [0.3, 0.4) is 0 Å². The molecule has 3 heterocycles. The summed E-state index contributed by atoms with van der Waals surface area (Å²) in [4.78, 5) is 22.3. The van der Waals surface area contributed by atoms with Gasteiger partial charge in [-0.25, -0.2) is 13.8 Å². The maximum atomic E-state index is 14.2. The molecule has 1 aliphatic rings. The second-order valence-corrected chi connectivity index (χ2v) is 7.77. The molecule has 0 radical (unpaired) electrons. The Balaban J connectivity index is 1.37. The van der Waals surface area contributed by atoms with E-state index in [0.29, 0.717) is 11.3 Å². The van der Waals surface area contributed by atoms with Crippen LogP contribution in [0.2, 0.25) is 0 Å². The van der Waals surface area contributed by atoms with Crippen LogP contribution in [0.15, 0.2) is 54.7 Å². The van der Waals surface area contributed by atoms with Gasteiger partial charge in [0.25, 0.3) is 5.91 Å². The fraction of sp³-hybridized carbons (Fsp3) is 0.167. The van der Waals surface area contributed by atoms with E-state index < -0.39 is 23.1 Å². The van der Waals surface area contributed by atoms with E-state index in [4.69, 9.17) is 10.5 Å². The molecule has 0 unspecified atom stereocenters. The largest absolute Gasteiger partial charge is 0.396 e. The number of aromatic nitrogens is 2. The molecule has 5 rings (SSSR count). The molecule has 7 nitrogen and oxygen atoms in total. The van der Waals surface area contributed by atoms with Gasteiger partial charge in [-0.2, -0.15) is 0 Å². The monoisotopic (exact) mass is 449 g/mol. The van der Waals surface area contributed by atoms with Gasteiger partial charge in [-0.15, -0.1) is 0 Å². The summed E-state index contributed by atoms with van der Waals surface area (Å²) in [6.45, 7) is 3.19. The lowest BCUT2D eigenvalue weighted by molar-refractivity contribution is 0.101. The van der Waals surface area contributed by atoms with Gasteiger partial charge >= 0.3 is 0 Å². The Kier molecular flexibility index (Phi) is 5.39. The number of hydrogen-bond donors (Lipinski definition) is 3. The zero-order valence-corrected chi connectivity index (χ0v) is 17.6. The van der Waals surface area contributed by atoms with E-state index in [1.807, 2.05) is 18.2 Å². The van der Waals surface area contributed by atoms with Gasteiger partial charge < -0.3 is 25.7 Å². The van der Waals surface area contributed by atoms with Gasteiger partial charge in [-0.3, -0.25) is 4.79 Å². The van der Waals surface area contributed by atoms with Crippen LogP contribution < -0.4 is 16.0 Å². The second kappa shape index (κ2) is 8.51. The number of nitrogen functional groups attached to an aromatic ring is 1. The number of H-pyrrole nitrogens is 1. The predicted octanol–water partition coefficient (Wildman–Crippen LogP) is 4.18. The fourth-order valence-corrected chi connectivity index (χ4v) is 3.88. The zero-order chi connectivity index (χ0) is 22.9.